The Morgan fingerprint density at radius 3 is 2.73 bits per heavy atom. The summed E-state index contributed by atoms with van der Waals surface area (Å²) >= 11 is 0. The first-order chi connectivity index (χ1) is 10.2. The first-order valence-electron chi connectivity index (χ1n) is 7.60. The van der Waals surface area contributed by atoms with E-state index in [1.165, 1.54) is 0 Å². The lowest BCUT2D eigenvalue weighted by Crippen LogP contribution is -2.33. The van der Waals surface area contributed by atoms with E-state index in [0.717, 1.165) is 29.7 Å². The third kappa shape index (κ3) is 4.24. The molecular weight excluding hydrogens is 300 g/mol. The SMILES string of the molecule is CCN(C(=O)CCCNC)C(C)c1cc2ccccc2o1.Cl. The standard InChI is InChI=1S/C17H24N2O2.ClH/c1-4-19(17(20)10-7-11-18-3)13(2)16-12-14-8-5-6-9-15(14)21-16;/h5-6,8-9,12-13,18H,4,7,10-11H2,1-3H3;1H. The Morgan fingerprint density at radius 1 is 1.36 bits per heavy atom. The van der Waals surface area contributed by atoms with Crippen LogP contribution in [0.25, 0.3) is 11.0 Å². The number of nitrogens with zero attached hydrogens (tertiary/aromatic N) is 1. The fraction of sp³-hybridized carbons (Fsp3) is 0.471. The highest BCUT2D eigenvalue weighted by Crippen LogP contribution is 2.27. The molecule has 1 N–H and O–H groups in total. The average Bonchev–Trinajstić information content (AvgIpc) is 2.92. The van der Waals surface area contributed by atoms with Crippen molar-refractivity contribution in [2.24, 2.45) is 0 Å². The predicted octanol–water partition coefficient (Wildman–Crippen LogP) is 3.76. The number of carbonyl (C=O) groups excluding carboxylic acids is 1. The summed E-state index contributed by atoms with van der Waals surface area (Å²) in [4.78, 5) is 14.2. The van der Waals surface area contributed by atoms with Crippen molar-refractivity contribution in [3.63, 3.8) is 0 Å². The van der Waals surface area contributed by atoms with Crippen LogP contribution < -0.4 is 5.32 Å². The van der Waals surface area contributed by atoms with E-state index in [4.69, 9.17) is 4.42 Å². The highest BCUT2D eigenvalue weighted by molar-refractivity contribution is 5.85. The summed E-state index contributed by atoms with van der Waals surface area (Å²) in [7, 11) is 1.90. The number of para-hydroxylation sites is 1. The molecule has 0 aliphatic heterocycles. The van der Waals surface area contributed by atoms with Crippen LogP contribution in [-0.4, -0.2) is 30.9 Å². The van der Waals surface area contributed by atoms with Gasteiger partial charge in [0, 0.05) is 18.4 Å². The Bertz CT molecular complexity index is 564. The van der Waals surface area contributed by atoms with Crippen LogP contribution in [0.15, 0.2) is 34.7 Å². The van der Waals surface area contributed by atoms with E-state index in [0.29, 0.717) is 13.0 Å². The summed E-state index contributed by atoms with van der Waals surface area (Å²) < 4.78 is 5.88. The van der Waals surface area contributed by atoms with Crippen LogP contribution in [0.2, 0.25) is 0 Å². The molecule has 1 heterocycles. The van der Waals surface area contributed by atoms with Crippen molar-refractivity contribution < 1.29 is 9.21 Å². The molecule has 0 bridgehead atoms. The quantitative estimate of drug-likeness (QED) is 0.789. The lowest BCUT2D eigenvalue weighted by atomic mass is 10.1. The molecular formula is C17H25ClN2O2. The monoisotopic (exact) mass is 324 g/mol. The zero-order chi connectivity index (χ0) is 15.2. The van der Waals surface area contributed by atoms with Crippen LogP contribution >= 0.6 is 12.4 Å². The van der Waals surface area contributed by atoms with Gasteiger partial charge in [-0.2, -0.15) is 0 Å². The van der Waals surface area contributed by atoms with E-state index in [1.807, 2.05) is 56.1 Å². The molecule has 122 valence electrons. The van der Waals surface area contributed by atoms with Crippen LogP contribution in [0, 0.1) is 0 Å². The lowest BCUT2D eigenvalue weighted by Gasteiger charge is -2.26. The topological polar surface area (TPSA) is 45.5 Å². The molecule has 0 saturated carbocycles. The smallest absolute Gasteiger partial charge is 0.223 e. The van der Waals surface area contributed by atoms with Gasteiger partial charge in [-0.15, -0.1) is 12.4 Å². The second-order valence-corrected chi connectivity index (χ2v) is 5.25. The number of amides is 1. The van der Waals surface area contributed by atoms with Gasteiger partial charge >= 0.3 is 0 Å². The van der Waals surface area contributed by atoms with Crippen molar-refractivity contribution in [3.8, 4) is 0 Å². The molecule has 0 aliphatic rings. The number of rotatable bonds is 7. The van der Waals surface area contributed by atoms with Crippen LogP contribution in [0.1, 0.15) is 38.5 Å². The Labute approximate surface area is 138 Å². The molecule has 1 atom stereocenters. The van der Waals surface area contributed by atoms with E-state index in [-0.39, 0.29) is 24.4 Å². The molecule has 0 saturated heterocycles. The summed E-state index contributed by atoms with van der Waals surface area (Å²) in [6.07, 6.45) is 1.43. The van der Waals surface area contributed by atoms with Crippen LogP contribution in [0.4, 0.5) is 0 Å². The number of benzene rings is 1. The second kappa shape index (κ2) is 8.81. The lowest BCUT2D eigenvalue weighted by molar-refractivity contribution is -0.133. The molecule has 22 heavy (non-hydrogen) atoms. The molecule has 1 unspecified atom stereocenters. The van der Waals surface area contributed by atoms with Gasteiger partial charge in [-0.25, -0.2) is 0 Å². The normalized spacial score (nSPS) is 12.0. The zero-order valence-electron chi connectivity index (χ0n) is 13.5. The third-order valence-corrected chi connectivity index (χ3v) is 3.80. The number of carbonyl (C=O) groups is 1. The van der Waals surface area contributed by atoms with Gasteiger partial charge in [-0.3, -0.25) is 4.79 Å². The van der Waals surface area contributed by atoms with Crippen molar-refractivity contribution in [3.05, 3.63) is 36.1 Å². The average molecular weight is 325 g/mol. The first-order valence-corrected chi connectivity index (χ1v) is 7.60. The van der Waals surface area contributed by atoms with Gasteiger partial charge in [-0.1, -0.05) is 18.2 Å². The third-order valence-electron chi connectivity index (χ3n) is 3.80. The summed E-state index contributed by atoms with van der Waals surface area (Å²) in [6.45, 7) is 5.59. The van der Waals surface area contributed by atoms with Crippen molar-refractivity contribution >= 4 is 29.3 Å². The van der Waals surface area contributed by atoms with E-state index < -0.39 is 0 Å². The minimum Gasteiger partial charge on any atom is -0.459 e. The number of furan rings is 1. The fourth-order valence-corrected chi connectivity index (χ4v) is 2.59. The molecule has 0 spiro atoms. The number of halogens is 1. The van der Waals surface area contributed by atoms with Crippen LogP contribution in [0.5, 0.6) is 0 Å². The van der Waals surface area contributed by atoms with Crippen molar-refractivity contribution in [2.75, 3.05) is 20.1 Å². The van der Waals surface area contributed by atoms with Crippen molar-refractivity contribution in [1.29, 1.82) is 0 Å². The van der Waals surface area contributed by atoms with Gasteiger partial charge in [0.05, 0.1) is 6.04 Å². The summed E-state index contributed by atoms with van der Waals surface area (Å²) in [5.41, 5.74) is 0.873. The maximum Gasteiger partial charge on any atom is 0.223 e. The molecule has 0 aliphatic carbocycles. The zero-order valence-corrected chi connectivity index (χ0v) is 14.3. The highest BCUT2D eigenvalue weighted by Gasteiger charge is 2.22. The predicted molar refractivity (Wildman–Crippen MR) is 92.4 cm³/mol. The molecule has 4 nitrogen and oxygen atoms in total. The van der Waals surface area contributed by atoms with Crippen LogP contribution in [-0.2, 0) is 4.79 Å². The second-order valence-electron chi connectivity index (χ2n) is 5.25. The molecule has 2 rings (SSSR count). The Balaban J connectivity index is 0.00000242. The first kappa shape index (κ1) is 18.5. The Morgan fingerprint density at radius 2 is 2.09 bits per heavy atom. The van der Waals surface area contributed by atoms with E-state index in [1.54, 1.807) is 0 Å². The number of nitrogens with one attached hydrogen (secondary N) is 1. The summed E-state index contributed by atoms with van der Waals surface area (Å²) in [5, 5.41) is 4.15. The fourth-order valence-electron chi connectivity index (χ4n) is 2.59. The largest absolute Gasteiger partial charge is 0.459 e. The van der Waals surface area contributed by atoms with Crippen LogP contribution in [0.3, 0.4) is 0 Å². The van der Waals surface area contributed by atoms with Crippen molar-refractivity contribution in [2.45, 2.75) is 32.7 Å². The molecule has 1 aromatic heterocycles. The van der Waals surface area contributed by atoms with Gasteiger partial charge in [0.1, 0.15) is 11.3 Å². The summed E-state index contributed by atoms with van der Waals surface area (Å²) in [5.74, 6) is 1.03. The van der Waals surface area contributed by atoms with Crippen molar-refractivity contribution in [1.82, 2.24) is 10.2 Å². The maximum absolute atomic E-state index is 12.3. The van der Waals surface area contributed by atoms with Gasteiger partial charge in [0.15, 0.2) is 0 Å². The molecule has 1 aromatic carbocycles. The van der Waals surface area contributed by atoms with Gasteiger partial charge in [0.2, 0.25) is 5.91 Å². The van der Waals surface area contributed by atoms with Gasteiger partial charge in [-0.05, 0) is 46.0 Å². The number of hydrogen-bond donors (Lipinski definition) is 1. The summed E-state index contributed by atoms with van der Waals surface area (Å²) in [6, 6.07) is 9.93. The minimum absolute atomic E-state index is 0. The molecule has 1 amide bonds. The van der Waals surface area contributed by atoms with Gasteiger partial charge in [0.25, 0.3) is 0 Å². The Hall–Kier alpha value is -1.52. The highest BCUT2D eigenvalue weighted by atomic mass is 35.5. The van der Waals surface area contributed by atoms with E-state index in [2.05, 4.69) is 5.32 Å². The van der Waals surface area contributed by atoms with E-state index >= 15 is 0 Å². The number of fused-ring (bicyclic) bond motifs is 1. The molecule has 2 aromatic rings. The minimum atomic E-state index is -0.0375. The van der Waals surface area contributed by atoms with Gasteiger partial charge < -0.3 is 14.6 Å². The molecule has 0 fully saturated rings. The number of hydrogen-bond acceptors (Lipinski definition) is 3. The Kier molecular flexibility index (Phi) is 7.42. The molecule has 0 radical (unpaired) electrons. The molecule has 5 heteroatoms. The van der Waals surface area contributed by atoms with E-state index in [9.17, 15) is 4.79 Å². The maximum atomic E-state index is 12.3.